The number of nitrogens with zero attached hydrogens (tertiary/aromatic N) is 5. The van der Waals surface area contributed by atoms with Crippen LogP contribution >= 0.6 is 0 Å². The van der Waals surface area contributed by atoms with E-state index in [9.17, 15) is 4.79 Å². The van der Waals surface area contributed by atoms with Crippen molar-refractivity contribution in [1.29, 1.82) is 0 Å². The standard InChI is InChI=1S/C11H15N7O2/c1-17(2)11(19)7-4-5-18(16-7)10-8(20-3)9(15-12)13-6-14-10/h4-6H,12H2,1-3H3,(H,13,14,15). The minimum atomic E-state index is -0.200. The van der Waals surface area contributed by atoms with Gasteiger partial charge in [0.15, 0.2) is 11.5 Å². The van der Waals surface area contributed by atoms with Crippen LogP contribution in [-0.4, -0.2) is 51.8 Å². The summed E-state index contributed by atoms with van der Waals surface area (Å²) < 4.78 is 6.64. The quantitative estimate of drug-likeness (QED) is 0.580. The molecule has 0 saturated carbocycles. The van der Waals surface area contributed by atoms with E-state index in [4.69, 9.17) is 10.6 Å². The lowest BCUT2D eigenvalue weighted by atomic mass is 10.4. The molecule has 0 aromatic carbocycles. The molecule has 0 fully saturated rings. The molecule has 2 aromatic rings. The van der Waals surface area contributed by atoms with Gasteiger partial charge in [0.2, 0.25) is 11.6 Å². The third-order valence-electron chi connectivity index (χ3n) is 2.56. The zero-order valence-electron chi connectivity index (χ0n) is 11.4. The van der Waals surface area contributed by atoms with E-state index in [0.717, 1.165) is 0 Å². The van der Waals surface area contributed by atoms with Gasteiger partial charge in [-0.3, -0.25) is 4.79 Å². The maximum Gasteiger partial charge on any atom is 0.273 e. The highest BCUT2D eigenvalue weighted by molar-refractivity contribution is 5.91. The topological polar surface area (TPSA) is 111 Å². The van der Waals surface area contributed by atoms with Crippen molar-refractivity contribution in [1.82, 2.24) is 24.6 Å². The van der Waals surface area contributed by atoms with Crippen LogP contribution in [0.1, 0.15) is 10.5 Å². The fourth-order valence-corrected chi connectivity index (χ4v) is 1.60. The molecular weight excluding hydrogens is 262 g/mol. The van der Waals surface area contributed by atoms with Gasteiger partial charge in [-0.05, 0) is 6.07 Å². The number of nitrogen functional groups attached to an aromatic ring is 1. The zero-order valence-corrected chi connectivity index (χ0v) is 11.4. The molecule has 0 bridgehead atoms. The van der Waals surface area contributed by atoms with E-state index in [0.29, 0.717) is 23.1 Å². The van der Waals surface area contributed by atoms with Crippen LogP contribution in [0, 0.1) is 0 Å². The van der Waals surface area contributed by atoms with Crippen molar-refractivity contribution < 1.29 is 9.53 Å². The molecule has 0 atom stereocenters. The van der Waals surface area contributed by atoms with Crippen LogP contribution in [0.3, 0.4) is 0 Å². The van der Waals surface area contributed by atoms with Crippen LogP contribution in [0.2, 0.25) is 0 Å². The van der Waals surface area contributed by atoms with E-state index in [1.54, 1.807) is 26.4 Å². The first-order chi connectivity index (χ1) is 9.58. The van der Waals surface area contributed by atoms with E-state index in [-0.39, 0.29) is 5.91 Å². The Morgan fingerprint density at radius 3 is 2.80 bits per heavy atom. The zero-order chi connectivity index (χ0) is 14.7. The van der Waals surface area contributed by atoms with Crippen LogP contribution in [0.15, 0.2) is 18.6 Å². The van der Waals surface area contributed by atoms with Gasteiger partial charge in [0, 0.05) is 20.3 Å². The molecule has 106 valence electrons. The first-order valence-corrected chi connectivity index (χ1v) is 5.71. The second-order valence-corrected chi connectivity index (χ2v) is 4.07. The van der Waals surface area contributed by atoms with Crippen molar-refractivity contribution in [2.75, 3.05) is 26.6 Å². The van der Waals surface area contributed by atoms with Gasteiger partial charge in [-0.15, -0.1) is 0 Å². The SMILES string of the molecule is COc1c(NN)ncnc1-n1ccc(C(=O)N(C)C)n1. The Kier molecular flexibility index (Phi) is 3.80. The molecule has 9 nitrogen and oxygen atoms in total. The monoisotopic (exact) mass is 277 g/mol. The summed E-state index contributed by atoms with van der Waals surface area (Å²) in [6.45, 7) is 0. The number of nitrogens with one attached hydrogen (secondary N) is 1. The number of ether oxygens (including phenoxy) is 1. The molecular formula is C11H15N7O2. The summed E-state index contributed by atoms with van der Waals surface area (Å²) in [6.07, 6.45) is 2.93. The van der Waals surface area contributed by atoms with E-state index in [2.05, 4.69) is 20.5 Å². The van der Waals surface area contributed by atoms with Crippen molar-refractivity contribution in [2.45, 2.75) is 0 Å². The Hall–Kier alpha value is -2.68. The number of aromatic nitrogens is 4. The summed E-state index contributed by atoms with van der Waals surface area (Å²) in [4.78, 5) is 21.3. The molecule has 9 heteroatoms. The largest absolute Gasteiger partial charge is 0.490 e. The van der Waals surface area contributed by atoms with Gasteiger partial charge < -0.3 is 15.1 Å². The highest BCUT2D eigenvalue weighted by Crippen LogP contribution is 2.26. The molecule has 0 spiro atoms. The first kappa shape index (κ1) is 13.7. The van der Waals surface area contributed by atoms with Gasteiger partial charge in [0.25, 0.3) is 5.91 Å². The molecule has 20 heavy (non-hydrogen) atoms. The molecule has 0 aliphatic heterocycles. The molecule has 2 rings (SSSR count). The Morgan fingerprint density at radius 2 is 2.20 bits per heavy atom. The molecule has 3 N–H and O–H groups in total. The van der Waals surface area contributed by atoms with Gasteiger partial charge in [0.05, 0.1) is 7.11 Å². The Bertz CT molecular complexity index is 623. The predicted molar refractivity (Wildman–Crippen MR) is 71.5 cm³/mol. The molecule has 0 aliphatic carbocycles. The number of hydrogen-bond acceptors (Lipinski definition) is 7. The number of hydrogen-bond donors (Lipinski definition) is 2. The van der Waals surface area contributed by atoms with Crippen LogP contribution in [0.25, 0.3) is 5.82 Å². The average molecular weight is 277 g/mol. The van der Waals surface area contributed by atoms with E-state index in [1.165, 1.54) is 23.0 Å². The molecule has 2 heterocycles. The summed E-state index contributed by atoms with van der Waals surface area (Å²) in [5.41, 5.74) is 2.72. The number of carbonyl (C=O) groups is 1. The maximum atomic E-state index is 11.8. The first-order valence-electron chi connectivity index (χ1n) is 5.71. The molecule has 0 radical (unpaired) electrons. The normalized spacial score (nSPS) is 10.2. The molecule has 1 amide bonds. The second-order valence-electron chi connectivity index (χ2n) is 4.07. The summed E-state index contributed by atoms with van der Waals surface area (Å²) >= 11 is 0. The van der Waals surface area contributed by atoms with Crippen LogP contribution < -0.4 is 16.0 Å². The average Bonchev–Trinajstić information content (AvgIpc) is 2.94. The van der Waals surface area contributed by atoms with Crippen molar-refractivity contribution in [3.63, 3.8) is 0 Å². The Labute approximate surface area is 115 Å². The molecule has 0 unspecified atom stereocenters. The third-order valence-corrected chi connectivity index (χ3v) is 2.56. The van der Waals surface area contributed by atoms with Gasteiger partial charge >= 0.3 is 0 Å². The lowest BCUT2D eigenvalue weighted by Gasteiger charge is -2.10. The number of amides is 1. The molecule has 2 aromatic heterocycles. The number of methoxy groups -OCH3 is 1. The predicted octanol–water partition coefficient (Wildman–Crippen LogP) is -0.342. The summed E-state index contributed by atoms with van der Waals surface area (Å²) in [7, 11) is 4.78. The fourth-order valence-electron chi connectivity index (χ4n) is 1.60. The Morgan fingerprint density at radius 1 is 1.45 bits per heavy atom. The fraction of sp³-hybridized carbons (Fsp3) is 0.273. The highest BCUT2D eigenvalue weighted by Gasteiger charge is 2.17. The van der Waals surface area contributed by atoms with Crippen LogP contribution in [0.4, 0.5) is 5.82 Å². The van der Waals surface area contributed by atoms with E-state index < -0.39 is 0 Å². The number of hydrazine groups is 1. The van der Waals surface area contributed by atoms with Crippen molar-refractivity contribution >= 4 is 11.7 Å². The van der Waals surface area contributed by atoms with Crippen LogP contribution in [0.5, 0.6) is 5.75 Å². The molecule has 0 aliphatic rings. The van der Waals surface area contributed by atoms with Gasteiger partial charge in [-0.25, -0.2) is 20.5 Å². The summed E-state index contributed by atoms with van der Waals surface area (Å²) in [6, 6.07) is 1.60. The van der Waals surface area contributed by atoms with Gasteiger partial charge in [-0.1, -0.05) is 0 Å². The summed E-state index contributed by atoms with van der Waals surface area (Å²) in [5.74, 6) is 6.20. The van der Waals surface area contributed by atoms with Gasteiger partial charge in [0.1, 0.15) is 6.33 Å². The smallest absolute Gasteiger partial charge is 0.273 e. The second kappa shape index (κ2) is 5.53. The minimum absolute atomic E-state index is 0.200. The maximum absolute atomic E-state index is 11.8. The number of anilines is 1. The highest BCUT2D eigenvalue weighted by atomic mass is 16.5. The Balaban J connectivity index is 2.45. The van der Waals surface area contributed by atoms with Crippen molar-refractivity contribution in [2.24, 2.45) is 5.84 Å². The van der Waals surface area contributed by atoms with E-state index >= 15 is 0 Å². The third kappa shape index (κ3) is 2.38. The van der Waals surface area contributed by atoms with Crippen molar-refractivity contribution in [3.05, 3.63) is 24.3 Å². The number of carbonyl (C=O) groups excluding carboxylic acids is 1. The lowest BCUT2D eigenvalue weighted by Crippen LogP contribution is -2.22. The number of nitrogens with two attached hydrogens (primary N) is 1. The van der Waals surface area contributed by atoms with Crippen molar-refractivity contribution in [3.8, 4) is 11.6 Å². The van der Waals surface area contributed by atoms with Crippen LogP contribution in [-0.2, 0) is 0 Å². The minimum Gasteiger partial charge on any atom is -0.490 e. The number of rotatable bonds is 4. The molecule has 0 saturated heterocycles. The lowest BCUT2D eigenvalue weighted by molar-refractivity contribution is 0.0821. The van der Waals surface area contributed by atoms with E-state index in [1.807, 2.05) is 0 Å². The van der Waals surface area contributed by atoms with Gasteiger partial charge in [-0.2, -0.15) is 5.10 Å². The summed E-state index contributed by atoms with van der Waals surface area (Å²) in [5, 5.41) is 4.17.